The number of hydrogen-bond acceptors (Lipinski definition) is 7. The Balaban J connectivity index is 1.58. The molecule has 41 heavy (non-hydrogen) atoms. The molecule has 3 atom stereocenters. The lowest BCUT2D eigenvalue weighted by atomic mass is 9.75. The van der Waals surface area contributed by atoms with Crippen LogP contribution in [-0.2, 0) is 0 Å². The van der Waals surface area contributed by atoms with Crippen LogP contribution in [0, 0.1) is 11.7 Å². The van der Waals surface area contributed by atoms with E-state index >= 15 is 0 Å². The predicted octanol–water partition coefficient (Wildman–Crippen LogP) is 4.38. The number of carboxylic acid groups (broad SMARTS) is 1. The van der Waals surface area contributed by atoms with Gasteiger partial charge in [-0.15, -0.1) is 0 Å². The number of anilines is 2. The summed E-state index contributed by atoms with van der Waals surface area (Å²) in [7, 11) is 0. The van der Waals surface area contributed by atoms with E-state index in [2.05, 4.69) is 20.6 Å². The Bertz CT molecular complexity index is 1460. The molecule has 2 heterocycles. The van der Waals surface area contributed by atoms with Crippen LogP contribution in [0.5, 0.6) is 0 Å². The molecule has 2 aromatic heterocycles. The van der Waals surface area contributed by atoms with Crippen molar-refractivity contribution in [1.82, 2.24) is 20.3 Å². The first kappa shape index (κ1) is 29.4. The molecule has 216 valence electrons. The van der Waals surface area contributed by atoms with Gasteiger partial charge in [0.15, 0.2) is 5.69 Å². The number of carbonyl (C=O) groups excluding carboxylic acids is 2. The predicted molar refractivity (Wildman–Crippen MR) is 152 cm³/mol. The van der Waals surface area contributed by atoms with Crippen LogP contribution in [-0.4, -0.2) is 50.1 Å². The molecule has 3 aromatic rings. The number of pyridine rings is 2. The summed E-state index contributed by atoms with van der Waals surface area (Å²) in [4.78, 5) is 45.7. The number of nitrogens with two attached hydrogens (primary N) is 2. The molecule has 1 saturated carbocycles. The van der Waals surface area contributed by atoms with Gasteiger partial charge in [0.2, 0.25) is 0 Å². The van der Waals surface area contributed by atoms with E-state index in [-0.39, 0.29) is 58.0 Å². The third kappa shape index (κ3) is 6.60. The van der Waals surface area contributed by atoms with Crippen molar-refractivity contribution < 1.29 is 23.9 Å². The van der Waals surface area contributed by atoms with Crippen LogP contribution < -0.4 is 22.2 Å². The smallest absolute Gasteiger partial charge is 0.421 e. The van der Waals surface area contributed by atoms with Crippen molar-refractivity contribution in [1.29, 1.82) is 0 Å². The molecule has 1 aliphatic rings. The Labute approximate surface area is 237 Å². The average molecular weight is 564 g/mol. The summed E-state index contributed by atoms with van der Waals surface area (Å²) in [6.45, 7) is 5.60. The molecule has 3 amide bonds. The van der Waals surface area contributed by atoms with Crippen molar-refractivity contribution in [3.05, 3.63) is 71.4 Å². The first-order valence-corrected chi connectivity index (χ1v) is 13.4. The van der Waals surface area contributed by atoms with Gasteiger partial charge < -0.3 is 21.5 Å². The standard InChI is InChI=1S/C29H34FN7O4/c1-15(2)34-27(38)18-4-6-21(30)20(13-18)23-8-7-22(31)26(35-23)28(39)36-24-14-33-11-10-19(24)17-5-9-25(16(3)12-17)37(32)29(40)41/h4,6-8,10-11,13-17,25H,5,9,12,31-32H2,1-3H3,(H,34,38)(H,36,39)(H,40,41)/t16-,17+,25?/m0/s1. The fourth-order valence-corrected chi connectivity index (χ4v) is 5.28. The van der Waals surface area contributed by atoms with Crippen molar-refractivity contribution in [2.24, 2.45) is 11.8 Å². The van der Waals surface area contributed by atoms with Gasteiger partial charge in [-0.2, -0.15) is 0 Å². The van der Waals surface area contributed by atoms with Gasteiger partial charge in [0.05, 0.1) is 29.3 Å². The van der Waals surface area contributed by atoms with Gasteiger partial charge in [-0.25, -0.2) is 25.0 Å². The van der Waals surface area contributed by atoms with Crippen LogP contribution in [0.4, 0.5) is 20.6 Å². The van der Waals surface area contributed by atoms with Crippen molar-refractivity contribution in [2.75, 3.05) is 11.1 Å². The van der Waals surface area contributed by atoms with Crippen molar-refractivity contribution >= 4 is 29.3 Å². The van der Waals surface area contributed by atoms with E-state index in [1.54, 1.807) is 6.20 Å². The molecule has 0 spiro atoms. The molecular weight excluding hydrogens is 529 g/mol. The number of rotatable bonds is 7. The summed E-state index contributed by atoms with van der Waals surface area (Å²) in [5.41, 5.74) is 7.86. The third-order valence-electron chi connectivity index (χ3n) is 7.31. The Morgan fingerprint density at radius 1 is 1.12 bits per heavy atom. The average Bonchev–Trinajstić information content (AvgIpc) is 2.93. The van der Waals surface area contributed by atoms with E-state index < -0.39 is 17.8 Å². The summed E-state index contributed by atoms with van der Waals surface area (Å²) in [6, 6.07) is 8.32. The Hall–Kier alpha value is -4.58. The number of hydrazine groups is 1. The highest BCUT2D eigenvalue weighted by Crippen LogP contribution is 2.40. The largest absolute Gasteiger partial charge is 0.464 e. The topological polar surface area (TPSA) is 177 Å². The highest BCUT2D eigenvalue weighted by molar-refractivity contribution is 6.07. The molecule has 12 heteroatoms. The van der Waals surface area contributed by atoms with Gasteiger partial charge >= 0.3 is 6.09 Å². The first-order chi connectivity index (χ1) is 19.5. The third-order valence-corrected chi connectivity index (χ3v) is 7.31. The zero-order valence-corrected chi connectivity index (χ0v) is 23.1. The van der Waals surface area contributed by atoms with Crippen molar-refractivity contribution in [2.45, 2.75) is 58.0 Å². The molecule has 0 radical (unpaired) electrons. The van der Waals surface area contributed by atoms with Gasteiger partial charge in [-0.05, 0) is 86.9 Å². The van der Waals surface area contributed by atoms with E-state index in [1.807, 2.05) is 26.8 Å². The van der Waals surface area contributed by atoms with Gasteiger partial charge in [-0.3, -0.25) is 14.6 Å². The second-order valence-electron chi connectivity index (χ2n) is 10.6. The molecule has 4 rings (SSSR count). The highest BCUT2D eigenvalue weighted by Gasteiger charge is 2.34. The van der Waals surface area contributed by atoms with Crippen LogP contribution in [0.3, 0.4) is 0 Å². The van der Waals surface area contributed by atoms with Crippen LogP contribution in [0.25, 0.3) is 11.3 Å². The zero-order valence-electron chi connectivity index (χ0n) is 23.1. The molecular formula is C29H34FN7O4. The first-order valence-electron chi connectivity index (χ1n) is 13.4. The number of amides is 3. The van der Waals surface area contributed by atoms with Crippen LogP contribution in [0.1, 0.15) is 72.4 Å². The monoisotopic (exact) mass is 563 g/mol. The Morgan fingerprint density at radius 2 is 1.88 bits per heavy atom. The maximum atomic E-state index is 14.8. The summed E-state index contributed by atoms with van der Waals surface area (Å²) < 4.78 is 14.8. The minimum Gasteiger partial charge on any atom is -0.464 e. The molecule has 1 aliphatic carbocycles. The second kappa shape index (κ2) is 12.3. The zero-order chi connectivity index (χ0) is 29.8. The summed E-state index contributed by atoms with van der Waals surface area (Å²) in [5.74, 6) is 4.21. The fourth-order valence-electron chi connectivity index (χ4n) is 5.28. The normalized spacial score (nSPS) is 18.5. The Morgan fingerprint density at radius 3 is 2.56 bits per heavy atom. The molecule has 1 unspecified atom stereocenters. The molecule has 1 fully saturated rings. The van der Waals surface area contributed by atoms with Crippen LogP contribution in [0.15, 0.2) is 48.8 Å². The van der Waals surface area contributed by atoms with Crippen molar-refractivity contribution in [3.8, 4) is 11.3 Å². The van der Waals surface area contributed by atoms with E-state index in [4.69, 9.17) is 11.6 Å². The van der Waals surface area contributed by atoms with Crippen LogP contribution >= 0.6 is 0 Å². The van der Waals surface area contributed by atoms with Crippen LogP contribution in [0.2, 0.25) is 0 Å². The van der Waals surface area contributed by atoms with Gasteiger partial charge in [0.25, 0.3) is 11.8 Å². The lowest BCUT2D eigenvalue weighted by Crippen LogP contribution is -2.49. The molecule has 0 aliphatic heterocycles. The fraction of sp³-hybridized carbons (Fsp3) is 0.345. The number of nitrogens with one attached hydrogen (secondary N) is 2. The lowest BCUT2D eigenvalue weighted by Gasteiger charge is -2.38. The minimum atomic E-state index is -1.17. The maximum absolute atomic E-state index is 14.8. The Kier molecular flexibility index (Phi) is 8.82. The van der Waals surface area contributed by atoms with Gasteiger partial charge in [0, 0.05) is 23.4 Å². The highest BCUT2D eigenvalue weighted by atomic mass is 19.1. The van der Waals surface area contributed by atoms with Gasteiger partial charge in [0.1, 0.15) is 5.82 Å². The SMILES string of the molecule is CC(C)NC(=O)c1ccc(F)c(-c2ccc(N)c(C(=O)Nc3cnccc3[C@@H]3CCC(N(N)C(=O)O)[C@@H](C)C3)n2)c1. The number of aromatic nitrogens is 2. The van der Waals surface area contributed by atoms with Gasteiger partial charge in [-0.1, -0.05) is 6.92 Å². The molecule has 7 N–H and O–H groups in total. The van der Waals surface area contributed by atoms with E-state index in [0.29, 0.717) is 24.9 Å². The van der Waals surface area contributed by atoms with E-state index in [1.165, 1.54) is 36.5 Å². The number of benzene rings is 1. The van der Waals surface area contributed by atoms with Crippen molar-refractivity contribution in [3.63, 3.8) is 0 Å². The summed E-state index contributed by atoms with van der Waals surface area (Å²) in [6.07, 6.45) is 3.89. The summed E-state index contributed by atoms with van der Waals surface area (Å²) >= 11 is 0. The molecule has 0 bridgehead atoms. The maximum Gasteiger partial charge on any atom is 0.421 e. The number of halogens is 1. The number of carbonyl (C=O) groups is 3. The minimum absolute atomic E-state index is 0.00570. The van der Waals surface area contributed by atoms with E-state index in [0.717, 1.165) is 10.6 Å². The molecule has 1 aromatic carbocycles. The number of hydrogen-bond donors (Lipinski definition) is 5. The number of nitrogen functional groups attached to an aromatic ring is 1. The molecule has 11 nitrogen and oxygen atoms in total. The quantitative estimate of drug-likeness (QED) is 0.160. The summed E-state index contributed by atoms with van der Waals surface area (Å²) in [5, 5.41) is 15.8. The number of nitrogens with zero attached hydrogens (tertiary/aromatic N) is 3. The lowest BCUT2D eigenvalue weighted by molar-refractivity contribution is 0.0858. The second-order valence-corrected chi connectivity index (χ2v) is 10.6. The molecule has 0 saturated heterocycles. The van der Waals surface area contributed by atoms with E-state index in [9.17, 15) is 23.9 Å².